The normalized spacial score (nSPS) is 43.4. The van der Waals surface area contributed by atoms with Crippen LogP contribution in [-0.4, -0.2) is 42.8 Å². The smallest absolute Gasteiger partial charge is 0.0706 e. The van der Waals surface area contributed by atoms with Crippen LogP contribution >= 0.6 is 0 Å². The SMILES string of the molecule is CC1CC(N)CN(CC2CCC(C)O2)C1. The van der Waals surface area contributed by atoms with Gasteiger partial charge in [-0.05, 0) is 32.1 Å². The molecule has 2 saturated heterocycles. The second-order valence-electron chi connectivity index (χ2n) is 5.47. The second kappa shape index (κ2) is 4.81. The van der Waals surface area contributed by atoms with Crippen LogP contribution in [0.4, 0.5) is 0 Å². The quantitative estimate of drug-likeness (QED) is 0.748. The van der Waals surface area contributed by atoms with Gasteiger partial charge in [0, 0.05) is 25.7 Å². The van der Waals surface area contributed by atoms with Crippen LogP contribution < -0.4 is 5.73 Å². The molecular weight excluding hydrogens is 188 g/mol. The first kappa shape index (κ1) is 11.4. The summed E-state index contributed by atoms with van der Waals surface area (Å²) < 4.78 is 5.85. The highest BCUT2D eigenvalue weighted by molar-refractivity contribution is 4.82. The summed E-state index contributed by atoms with van der Waals surface area (Å²) in [6.07, 6.45) is 4.54. The van der Waals surface area contributed by atoms with Crippen LogP contribution in [-0.2, 0) is 4.74 Å². The highest BCUT2D eigenvalue weighted by Gasteiger charge is 2.27. The van der Waals surface area contributed by atoms with Crippen molar-refractivity contribution in [3.05, 3.63) is 0 Å². The molecule has 0 bridgehead atoms. The summed E-state index contributed by atoms with van der Waals surface area (Å²) in [5.41, 5.74) is 6.03. The van der Waals surface area contributed by atoms with Crippen LogP contribution in [0.25, 0.3) is 0 Å². The third-order valence-electron chi connectivity index (χ3n) is 3.55. The maximum absolute atomic E-state index is 6.03. The van der Waals surface area contributed by atoms with E-state index in [0.29, 0.717) is 18.2 Å². The molecule has 2 fully saturated rings. The average molecular weight is 212 g/mol. The van der Waals surface area contributed by atoms with Crippen molar-refractivity contribution in [2.75, 3.05) is 19.6 Å². The molecule has 3 heteroatoms. The number of nitrogens with two attached hydrogens (primary N) is 1. The molecule has 0 amide bonds. The van der Waals surface area contributed by atoms with Gasteiger partial charge in [-0.3, -0.25) is 4.90 Å². The van der Waals surface area contributed by atoms with Gasteiger partial charge in [0.2, 0.25) is 0 Å². The summed E-state index contributed by atoms with van der Waals surface area (Å²) in [5.74, 6) is 0.743. The van der Waals surface area contributed by atoms with Gasteiger partial charge in [0.05, 0.1) is 12.2 Å². The van der Waals surface area contributed by atoms with Crippen molar-refractivity contribution in [3.8, 4) is 0 Å². The van der Waals surface area contributed by atoms with Gasteiger partial charge in [0.25, 0.3) is 0 Å². The Bertz CT molecular complexity index is 200. The van der Waals surface area contributed by atoms with Crippen molar-refractivity contribution < 1.29 is 4.74 Å². The fraction of sp³-hybridized carbons (Fsp3) is 1.00. The molecule has 0 aromatic carbocycles. The predicted molar refractivity (Wildman–Crippen MR) is 61.8 cm³/mol. The summed E-state index contributed by atoms with van der Waals surface area (Å²) in [4.78, 5) is 2.49. The summed E-state index contributed by atoms with van der Waals surface area (Å²) >= 11 is 0. The van der Waals surface area contributed by atoms with Crippen LogP contribution in [0.3, 0.4) is 0 Å². The molecular formula is C12H24N2O. The number of hydrogen-bond acceptors (Lipinski definition) is 3. The van der Waals surface area contributed by atoms with E-state index in [2.05, 4.69) is 18.7 Å². The first-order chi connectivity index (χ1) is 7.13. The number of rotatable bonds is 2. The van der Waals surface area contributed by atoms with Crippen LogP contribution in [0.2, 0.25) is 0 Å². The lowest BCUT2D eigenvalue weighted by molar-refractivity contribution is 0.0207. The van der Waals surface area contributed by atoms with Crippen LogP contribution in [0.15, 0.2) is 0 Å². The number of piperidine rings is 1. The minimum atomic E-state index is 0.368. The first-order valence-electron chi connectivity index (χ1n) is 6.27. The molecule has 2 rings (SSSR count). The molecule has 0 aromatic heterocycles. The Balaban J connectivity index is 1.78. The maximum Gasteiger partial charge on any atom is 0.0706 e. The second-order valence-corrected chi connectivity index (χ2v) is 5.47. The van der Waals surface area contributed by atoms with Gasteiger partial charge < -0.3 is 10.5 Å². The standard InChI is InChI=1S/C12H24N2O/c1-9-5-11(13)7-14(6-9)8-12-4-3-10(2)15-12/h9-12H,3-8,13H2,1-2H3. The van der Waals surface area contributed by atoms with Gasteiger partial charge in [-0.15, -0.1) is 0 Å². The zero-order chi connectivity index (χ0) is 10.8. The Morgan fingerprint density at radius 2 is 2.07 bits per heavy atom. The van der Waals surface area contributed by atoms with E-state index >= 15 is 0 Å². The Labute approximate surface area is 93.0 Å². The number of nitrogens with zero attached hydrogens (tertiary/aromatic N) is 1. The summed E-state index contributed by atoms with van der Waals surface area (Å²) in [6.45, 7) is 7.80. The molecule has 0 aliphatic carbocycles. The zero-order valence-corrected chi connectivity index (χ0v) is 9.98. The van der Waals surface area contributed by atoms with Gasteiger partial charge in [0.1, 0.15) is 0 Å². The zero-order valence-electron chi connectivity index (χ0n) is 9.98. The van der Waals surface area contributed by atoms with Gasteiger partial charge in [-0.1, -0.05) is 6.92 Å². The van der Waals surface area contributed by atoms with Crippen LogP contribution in [0.5, 0.6) is 0 Å². The van der Waals surface area contributed by atoms with E-state index in [1.807, 2.05) is 0 Å². The molecule has 0 aromatic rings. The summed E-state index contributed by atoms with van der Waals surface area (Å²) in [5, 5.41) is 0. The molecule has 0 radical (unpaired) electrons. The van der Waals surface area contributed by atoms with E-state index in [9.17, 15) is 0 Å². The lowest BCUT2D eigenvalue weighted by Gasteiger charge is -2.36. The first-order valence-corrected chi connectivity index (χ1v) is 6.27. The van der Waals surface area contributed by atoms with Crippen LogP contribution in [0, 0.1) is 5.92 Å². The molecule has 4 atom stereocenters. The Morgan fingerprint density at radius 3 is 2.67 bits per heavy atom. The van der Waals surface area contributed by atoms with Crippen molar-refractivity contribution in [1.29, 1.82) is 0 Å². The van der Waals surface area contributed by atoms with Crippen LogP contribution in [0.1, 0.15) is 33.1 Å². The maximum atomic E-state index is 6.03. The number of likely N-dealkylation sites (tertiary alicyclic amines) is 1. The van der Waals surface area contributed by atoms with Gasteiger partial charge in [-0.2, -0.15) is 0 Å². The molecule has 2 aliphatic rings. The van der Waals surface area contributed by atoms with E-state index in [-0.39, 0.29) is 0 Å². The van der Waals surface area contributed by atoms with Gasteiger partial charge in [0.15, 0.2) is 0 Å². The van der Waals surface area contributed by atoms with Gasteiger partial charge >= 0.3 is 0 Å². The molecule has 4 unspecified atom stereocenters. The highest BCUT2D eigenvalue weighted by atomic mass is 16.5. The van der Waals surface area contributed by atoms with E-state index in [4.69, 9.17) is 10.5 Å². The Kier molecular flexibility index (Phi) is 3.65. The van der Waals surface area contributed by atoms with Crippen molar-refractivity contribution >= 4 is 0 Å². The molecule has 2 N–H and O–H groups in total. The fourth-order valence-electron chi connectivity index (χ4n) is 2.97. The Morgan fingerprint density at radius 1 is 1.27 bits per heavy atom. The van der Waals surface area contributed by atoms with Gasteiger partial charge in [-0.25, -0.2) is 0 Å². The molecule has 0 spiro atoms. The monoisotopic (exact) mass is 212 g/mol. The highest BCUT2D eigenvalue weighted by Crippen LogP contribution is 2.22. The van der Waals surface area contributed by atoms with E-state index in [1.165, 1.54) is 25.8 Å². The lowest BCUT2D eigenvalue weighted by atomic mass is 9.96. The fourth-order valence-corrected chi connectivity index (χ4v) is 2.97. The third kappa shape index (κ3) is 3.16. The molecule has 3 nitrogen and oxygen atoms in total. The molecule has 88 valence electrons. The number of ether oxygens (including phenoxy) is 1. The Hall–Kier alpha value is -0.120. The van der Waals surface area contributed by atoms with E-state index < -0.39 is 0 Å². The average Bonchev–Trinajstić information content (AvgIpc) is 2.49. The topological polar surface area (TPSA) is 38.5 Å². The van der Waals surface area contributed by atoms with Crippen molar-refractivity contribution in [2.24, 2.45) is 11.7 Å². The molecule has 15 heavy (non-hydrogen) atoms. The van der Waals surface area contributed by atoms with Crippen molar-refractivity contribution in [2.45, 2.75) is 51.4 Å². The lowest BCUT2D eigenvalue weighted by Crippen LogP contribution is -2.48. The van der Waals surface area contributed by atoms with E-state index in [1.54, 1.807) is 0 Å². The van der Waals surface area contributed by atoms with E-state index in [0.717, 1.165) is 19.0 Å². The third-order valence-corrected chi connectivity index (χ3v) is 3.55. The molecule has 2 heterocycles. The molecule has 0 saturated carbocycles. The van der Waals surface area contributed by atoms with Crippen molar-refractivity contribution in [3.63, 3.8) is 0 Å². The minimum absolute atomic E-state index is 0.368. The summed E-state index contributed by atoms with van der Waals surface area (Å²) in [6, 6.07) is 0.368. The minimum Gasteiger partial charge on any atom is -0.374 e. The predicted octanol–water partition coefficient (Wildman–Crippen LogP) is 1.22. The largest absolute Gasteiger partial charge is 0.374 e. The summed E-state index contributed by atoms with van der Waals surface area (Å²) in [7, 11) is 0. The number of hydrogen-bond donors (Lipinski definition) is 1. The van der Waals surface area contributed by atoms with Crippen molar-refractivity contribution in [1.82, 2.24) is 4.90 Å². The molecule has 2 aliphatic heterocycles.